The first-order valence-corrected chi connectivity index (χ1v) is 10.6. The van der Waals surface area contributed by atoms with E-state index in [-0.39, 0.29) is 17.4 Å². The number of rotatable bonds is 6. The summed E-state index contributed by atoms with van der Waals surface area (Å²) in [5.41, 5.74) is 2.73. The Hall–Kier alpha value is -3.25. The number of carbonyl (C=O) groups is 2. The van der Waals surface area contributed by atoms with Crippen molar-refractivity contribution in [2.75, 3.05) is 18.4 Å². The molecule has 1 aromatic heterocycles. The van der Waals surface area contributed by atoms with Crippen LogP contribution in [0, 0.1) is 6.92 Å². The fourth-order valence-electron chi connectivity index (χ4n) is 4.29. The zero-order chi connectivity index (χ0) is 21.8. The number of aromatic nitrogens is 1. The summed E-state index contributed by atoms with van der Waals surface area (Å²) in [6, 6.07) is 17.7. The van der Waals surface area contributed by atoms with Gasteiger partial charge in [0.2, 0.25) is 5.89 Å². The lowest BCUT2D eigenvalue weighted by Crippen LogP contribution is -2.46. The molecule has 0 atom stereocenters. The van der Waals surface area contributed by atoms with E-state index in [0.717, 1.165) is 42.7 Å². The van der Waals surface area contributed by atoms with E-state index in [2.05, 4.69) is 15.2 Å². The molecule has 0 saturated carbocycles. The molecule has 3 aromatic rings. The van der Waals surface area contributed by atoms with Gasteiger partial charge >= 0.3 is 0 Å². The van der Waals surface area contributed by atoms with Crippen molar-refractivity contribution in [1.82, 2.24) is 9.88 Å². The first-order chi connectivity index (χ1) is 15.0. The Morgan fingerprint density at radius 3 is 2.52 bits per heavy atom. The van der Waals surface area contributed by atoms with Crippen LogP contribution in [0.15, 0.2) is 65.3 Å². The van der Waals surface area contributed by atoms with E-state index in [1.807, 2.05) is 61.5 Å². The van der Waals surface area contributed by atoms with Crippen LogP contribution in [0.5, 0.6) is 0 Å². The van der Waals surface area contributed by atoms with Gasteiger partial charge in [0.25, 0.3) is 5.91 Å². The van der Waals surface area contributed by atoms with Gasteiger partial charge in [0.15, 0.2) is 5.69 Å². The van der Waals surface area contributed by atoms with Crippen LogP contribution in [-0.2, 0) is 16.8 Å². The Bertz CT molecular complexity index is 1070. The molecular weight excluding hydrogens is 390 g/mol. The van der Waals surface area contributed by atoms with Crippen molar-refractivity contribution < 1.29 is 14.0 Å². The van der Waals surface area contributed by atoms with E-state index >= 15 is 0 Å². The largest absolute Gasteiger partial charge is 0.447 e. The van der Waals surface area contributed by atoms with Gasteiger partial charge in [0.1, 0.15) is 12.0 Å². The molecule has 160 valence electrons. The van der Waals surface area contributed by atoms with E-state index < -0.39 is 5.41 Å². The molecule has 0 radical (unpaired) electrons. The Morgan fingerprint density at radius 1 is 1.10 bits per heavy atom. The number of Topliss-reactive ketones (excluding diaryl/α,β-unsaturated/α-hetero) is 1. The SMILES string of the molecule is CC(=O)C1(c2ccccc2)CCN(Cc2nc(C(=O)Nc3cccc(C)c3)co2)CC1. The Balaban J connectivity index is 1.38. The number of carbonyl (C=O) groups excluding carboxylic acids is 2. The number of nitrogens with one attached hydrogen (secondary N) is 1. The molecule has 0 bridgehead atoms. The lowest BCUT2D eigenvalue weighted by molar-refractivity contribution is -0.124. The van der Waals surface area contributed by atoms with Crippen molar-refractivity contribution in [3.05, 3.63) is 83.6 Å². The van der Waals surface area contributed by atoms with Crippen molar-refractivity contribution in [2.24, 2.45) is 0 Å². The fourth-order valence-corrected chi connectivity index (χ4v) is 4.29. The van der Waals surface area contributed by atoms with Gasteiger partial charge in [0.05, 0.1) is 12.0 Å². The molecule has 0 aliphatic carbocycles. The second kappa shape index (κ2) is 8.86. The van der Waals surface area contributed by atoms with Crippen LogP contribution in [0.4, 0.5) is 5.69 Å². The van der Waals surface area contributed by atoms with Crippen LogP contribution >= 0.6 is 0 Å². The minimum Gasteiger partial charge on any atom is -0.447 e. The van der Waals surface area contributed by atoms with Crippen molar-refractivity contribution in [3.8, 4) is 0 Å². The van der Waals surface area contributed by atoms with E-state index in [9.17, 15) is 9.59 Å². The molecule has 1 saturated heterocycles. The van der Waals surface area contributed by atoms with Crippen LogP contribution in [0.25, 0.3) is 0 Å². The van der Waals surface area contributed by atoms with Crippen LogP contribution in [0.2, 0.25) is 0 Å². The third kappa shape index (κ3) is 4.59. The maximum atomic E-state index is 12.5. The number of hydrogen-bond acceptors (Lipinski definition) is 5. The molecule has 2 heterocycles. The summed E-state index contributed by atoms with van der Waals surface area (Å²) in [6.45, 7) is 5.71. The quantitative estimate of drug-likeness (QED) is 0.645. The number of aryl methyl sites for hydroxylation is 1. The minimum absolute atomic E-state index is 0.213. The average molecular weight is 418 g/mol. The standard InChI is InChI=1S/C25H27N3O3/c1-18-7-6-10-21(15-18)26-24(30)22-17-31-23(27-22)16-28-13-11-25(12-14-28,19(2)29)20-8-4-3-5-9-20/h3-10,15,17H,11-14,16H2,1-2H3,(H,26,30). The van der Waals surface area contributed by atoms with Gasteiger partial charge in [-0.3, -0.25) is 14.5 Å². The number of amides is 1. The van der Waals surface area contributed by atoms with Gasteiger partial charge in [-0.15, -0.1) is 0 Å². The molecule has 6 nitrogen and oxygen atoms in total. The second-order valence-electron chi connectivity index (χ2n) is 8.23. The van der Waals surface area contributed by atoms with E-state index in [1.165, 1.54) is 6.26 Å². The molecule has 1 amide bonds. The summed E-state index contributed by atoms with van der Waals surface area (Å²) < 4.78 is 5.55. The summed E-state index contributed by atoms with van der Waals surface area (Å²) in [7, 11) is 0. The molecule has 4 rings (SSSR count). The Morgan fingerprint density at radius 2 is 1.84 bits per heavy atom. The highest BCUT2D eigenvalue weighted by Gasteiger charge is 2.40. The molecule has 0 unspecified atom stereocenters. The topological polar surface area (TPSA) is 75.4 Å². The summed E-state index contributed by atoms with van der Waals surface area (Å²) >= 11 is 0. The van der Waals surface area contributed by atoms with Crippen LogP contribution in [0.3, 0.4) is 0 Å². The van der Waals surface area contributed by atoms with Gasteiger partial charge < -0.3 is 9.73 Å². The molecule has 0 spiro atoms. The highest BCUT2D eigenvalue weighted by molar-refractivity contribution is 6.02. The normalized spacial score (nSPS) is 16.1. The maximum absolute atomic E-state index is 12.5. The zero-order valence-corrected chi connectivity index (χ0v) is 17.9. The van der Waals surface area contributed by atoms with Crippen LogP contribution in [0.1, 0.15) is 47.3 Å². The van der Waals surface area contributed by atoms with Gasteiger partial charge in [-0.25, -0.2) is 4.98 Å². The molecule has 1 fully saturated rings. The Labute approximate surface area is 182 Å². The summed E-state index contributed by atoms with van der Waals surface area (Å²) in [5, 5.41) is 2.84. The highest BCUT2D eigenvalue weighted by Crippen LogP contribution is 2.36. The number of oxazole rings is 1. The smallest absolute Gasteiger partial charge is 0.277 e. The van der Waals surface area contributed by atoms with Crippen LogP contribution in [-0.4, -0.2) is 34.7 Å². The fraction of sp³-hybridized carbons (Fsp3) is 0.320. The van der Waals surface area contributed by atoms with Crippen molar-refractivity contribution >= 4 is 17.4 Å². The number of benzene rings is 2. The predicted molar refractivity (Wildman–Crippen MR) is 119 cm³/mol. The number of nitrogens with zero attached hydrogens (tertiary/aromatic N) is 2. The molecule has 1 aliphatic heterocycles. The number of anilines is 1. The van der Waals surface area contributed by atoms with Gasteiger partial charge in [0, 0.05) is 5.69 Å². The number of hydrogen-bond donors (Lipinski definition) is 1. The van der Waals surface area contributed by atoms with E-state index in [0.29, 0.717) is 12.4 Å². The molecule has 2 aromatic carbocycles. The summed E-state index contributed by atoms with van der Waals surface area (Å²) in [6.07, 6.45) is 2.91. The summed E-state index contributed by atoms with van der Waals surface area (Å²) in [4.78, 5) is 31.6. The van der Waals surface area contributed by atoms with Crippen molar-refractivity contribution in [3.63, 3.8) is 0 Å². The monoisotopic (exact) mass is 417 g/mol. The van der Waals surface area contributed by atoms with Gasteiger partial charge in [-0.05, 0) is 63.0 Å². The first-order valence-electron chi connectivity index (χ1n) is 10.6. The average Bonchev–Trinajstić information content (AvgIpc) is 3.23. The minimum atomic E-state index is -0.423. The first kappa shape index (κ1) is 21.0. The highest BCUT2D eigenvalue weighted by atomic mass is 16.3. The number of ketones is 1. The third-order valence-electron chi connectivity index (χ3n) is 6.13. The zero-order valence-electron chi connectivity index (χ0n) is 17.9. The molecule has 1 aliphatic rings. The maximum Gasteiger partial charge on any atom is 0.277 e. The van der Waals surface area contributed by atoms with E-state index in [4.69, 9.17) is 4.42 Å². The van der Waals surface area contributed by atoms with Crippen molar-refractivity contribution in [2.45, 2.75) is 38.6 Å². The predicted octanol–water partition coefficient (Wildman–Crippen LogP) is 4.36. The number of likely N-dealkylation sites (tertiary alicyclic amines) is 1. The molecule has 31 heavy (non-hydrogen) atoms. The molecule has 6 heteroatoms. The molecule has 1 N–H and O–H groups in total. The Kier molecular flexibility index (Phi) is 6.00. The summed E-state index contributed by atoms with van der Waals surface area (Å²) in [5.74, 6) is 0.424. The second-order valence-corrected chi connectivity index (χ2v) is 8.23. The van der Waals surface area contributed by atoms with Gasteiger partial charge in [-0.2, -0.15) is 0 Å². The number of piperidine rings is 1. The van der Waals surface area contributed by atoms with Gasteiger partial charge in [-0.1, -0.05) is 42.5 Å². The molecular formula is C25H27N3O3. The lowest BCUT2D eigenvalue weighted by Gasteiger charge is -2.40. The van der Waals surface area contributed by atoms with Crippen molar-refractivity contribution in [1.29, 1.82) is 0 Å². The van der Waals surface area contributed by atoms with E-state index in [1.54, 1.807) is 6.92 Å². The lowest BCUT2D eigenvalue weighted by atomic mass is 9.70. The third-order valence-corrected chi connectivity index (χ3v) is 6.13. The van der Waals surface area contributed by atoms with Crippen LogP contribution < -0.4 is 5.32 Å².